The second-order valence-electron chi connectivity index (χ2n) is 4.87. The van der Waals surface area contributed by atoms with Crippen molar-refractivity contribution in [1.29, 1.82) is 0 Å². The molecule has 0 aliphatic carbocycles. The number of hydrogen-bond donors (Lipinski definition) is 1. The van der Waals surface area contributed by atoms with Crippen LogP contribution >= 0.6 is 0 Å². The minimum Gasteiger partial charge on any atom is -0.398 e. The molecule has 0 atom stereocenters. The fourth-order valence-electron chi connectivity index (χ4n) is 2.16. The Morgan fingerprint density at radius 3 is 2.62 bits per heavy atom. The maximum absolute atomic E-state index is 13.9. The van der Waals surface area contributed by atoms with E-state index in [1.54, 1.807) is 17.7 Å². The first kappa shape index (κ1) is 13.2. The average molecular weight is 283 g/mol. The molecule has 0 radical (unpaired) electrons. The van der Waals surface area contributed by atoms with Gasteiger partial charge in [-0.1, -0.05) is 18.2 Å². The second kappa shape index (κ2) is 4.97. The first-order valence-electron chi connectivity index (χ1n) is 6.48. The van der Waals surface area contributed by atoms with Gasteiger partial charge in [-0.15, -0.1) is 5.10 Å². The van der Waals surface area contributed by atoms with E-state index in [0.29, 0.717) is 22.6 Å². The molecule has 5 nitrogen and oxygen atoms in total. The molecule has 2 N–H and O–H groups in total. The number of anilines is 1. The molecule has 0 aliphatic rings. The molecule has 0 saturated carbocycles. The number of aromatic nitrogens is 4. The van der Waals surface area contributed by atoms with Crippen molar-refractivity contribution in [2.45, 2.75) is 13.8 Å². The van der Waals surface area contributed by atoms with Gasteiger partial charge in [-0.3, -0.25) is 0 Å². The fraction of sp³-hybridized carbons (Fsp3) is 0.133. The number of aryl methyl sites for hydroxylation is 1. The maximum atomic E-state index is 13.9. The molecule has 21 heavy (non-hydrogen) atoms. The Balaban J connectivity index is 2.18. The van der Waals surface area contributed by atoms with Crippen molar-refractivity contribution < 1.29 is 4.39 Å². The number of nitrogens with two attached hydrogens (primary N) is 1. The van der Waals surface area contributed by atoms with Crippen molar-refractivity contribution in [2.24, 2.45) is 0 Å². The summed E-state index contributed by atoms with van der Waals surface area (Å²) in [6.45, 7) is 3.60. The van der Waals surface area contributed by atoms with Crippen LogP contribution in [-0.2, 0) is 0 Å². The van der Waals surface area contributed by atoms with E-state index in [4.69, 9.17) is 5.73 Å². The van der Waals surface area contributed by atoms with Gasteiger partial charge in [0, 0.05) is 16.8 Å². The number of benzene rings is 2. The molecule has 0 saturated heterocycles. The predicted molar refractivity (Wildman–Crippen MR) is 78.4 cm³/mol. The summed E-state index contributed by atoms with van der Waals surface area (Å²) in [4.78, 5) is 0. The molecule has 1 aromatic heterocycles. The van der Waals surface area contributed by atoms with Crippen molar-refractivity contribution in [2.75, 3.05) is 5.73 Å². The Morgan fingerprint density at radius 1 is 1.14 bits per heavy atom. The highest BCUT2D eigenvalue weighted by molar-refractivity contribution is 5.65. The van der Waals surface area contributed by atoms with Crippen molar-refractivity contribution >= 4 is 5.69 Å². The molecular weight excluding hydrogens is 269 g/mol. The molecule has 0 fully saturated rings. The van der Waals surface area contributed by atoms with Crippen LogP contribution in [0.3, 0.4) is 0 Å². The first-order valence-corrected chi connectivity index (χ1v) is 6.48. The van der Waals surface area contributed by atoms with E-state index in [9.17, 15) is 4.39 Å². The Labute approximate surface area is 121 Å². The molecule has 0 aliphatic heterocycles. The van der Waals surface area contributed by atoms with Gasteiger partial charge in [0.15, 0.2) is 5.82 Å². The normalized spacial score (nSPS) is 10.8. The van der Waals surface area contributed by atoms with Gasteiger partial charge in [-0.05, 0) is 48.0 Å². The van der Waals surface area contributed by atoms with Crippen LogP contribution in [0.15, 0.2) is 36.4 Å². The number of para-hydroxylation sites is 1. The Morgan fingerprint density at radius 2 is 1.90 bits per heavy atom. The van der Waals surface area contributed by atoms with Crippen LogP contribution in [0.5, 0.6) is 0 Å². The zero-order valence-electron chi connectivity index (χ0n) is 11.7. The van der Waals surface area contributed by atoms with E-state index in [0.717, 1.165) is 11.3 Å². The lowest BCUT2D eigenvalue weighted by molar-refractivity contribution is 0.619. The smallest absolute Gasteiger partial charge is 0.187 e. The number of hydrogen-bond acceptors (Lipinski definition) is 4. The summed E-state index contributed by atoms with van der Waals surface area (Å²) < 4.78 is 15.5. The Kier molecular flexibility index (Phi) is 3.13. The zero-order chi connectivity index (χ0) is 15.0. The summed E-state index contributed by atoms with van der Waals surface area (Å²) in [5, 5.41) is 11.7. The number of nitrogen functional groups attached to an aromatic ring is 1. The van der Waals surface area contributed by atoms with Crippen molar-refractivity contribution in [3.63, 3.8) is 0 Å². The van der Waals surface area contributed by atoms with E-state index in [1.165, 1.54) is 6.07 Å². The molecule has 0 bridgehead atoms. The van der Waals surface area contributed by atoms with Gasteiger partial charge in [0.25, 0.3) is 0 Å². The molecule has 1 heterocycles. The summed E-state index contributed by atoms with van der Waals surface area (Å²) in [5.41, 5.74) is 9.04. The Bertz CT molecular complexity index is 786. The van der Waals surface area contributed by atoms with Crippen molar-refractivity contribution in [3.05, 3.63) is 53.3 Å². The van der Waals surface area contributed by atoms with Crippen LogP contribution < -0.4 is 5.73 Å². The quantitative estimate of drug-likeness (QED) is 0.734. The molecule has 3 rings (SSSR count). The summed E-state index contributed by atoms with van der Waals surface area (Å²) in [7, 11) is 0. The lowest BCUT2D eigenvalue weighted by atomic mass is 10.1. The topological polar surface area (TPSA) is 69.6 Å². The van der Waals surface area contributed by atoms with E-state index in [2.05, 4.69) is 15.5 Å². The number of nitrogens with zero attached hydrogens (tertiary/aromatic N) is 4. The summed E-state index contributed by atoms with van der Waals surface area (Å²) in [5.74, 6) is 0.0826. The average Bonchev–Trinajstić information content (AvgIpc) is 2.94. The SMILES string of the molecule is Cc1ccccc1-n1nnnc1-c1cc(N)c(C)c(F)c1. The largest absolute Gasteiger partial charge is 0.398 e. The van der Waals surface area contributed by atoms with Gasteiger partial charge in [0.1, 0.15) is 5.82 Å². The molecule has 3 aromatic rings. The summed E-state index contributed by atoms with van der Waals surface area (Å²) >= 11 is 0. The van der Waals surface area contributed by atoms with E-state index >= 15 is 0 Å². The summed E-state index contributed by atoms with van der Waals surface area (Å²) in [6.07, 6.45) is 0. The second-order valence-corrected chi connectivity index (χ2v) is 4.87. The third-order valence-electron chi connectivity index (χ3n) is 3.46. The van der Waals surface area contributed by atoms with Crippen LogP contribution in [0.2, 0.25) is 0 Å². The zero-order valence-corrected chi connectivity index (χ0v) is 11.7. The molecule has 0 unspecified atom stereocenters. The van der Waals surface area contributed by atoms with E-state index in [-0.39, 0.29) is 5.82 Å². The lowest BCUT2D eigenvalue weighted by Crippen LogP contribution is -2.03. The van der Waals surface area contributed by atoms with Gasteiger partial charge in [0.05, 0.1) is 5.69 Å². The highest BCUT2D eigenvalue weighted by atomic mass is 19.1. The van der Waals surface area contributed by atoms with Gasteiger partial charge < -0.3 is 5.73 Å². The first-order chi connectivity index (χ1) is 10.1. The Hall–Kier alpha value is -2.76. The third-order valence-corrected chi connectivity index (χ3v) is 3.46. The highest BCUT2D eigenvalue weighted by Crippen LogP contribution is 2.26. The number of tetrazole rings is 1. The lowest BCUT2D eigenvalue weighted by Gasteiger charge is -2.09. The van der Waals surface area contributed by atoms with Gasteiger partial charge in [-0.2, -0.15) is 4.68 Å². The number of halogens is 1. The molecular formula is C15H14FN5. The van der Waals surface area contributed by atoms with Crippen LogP contribution in [0, 0.1) is 19.7 Å². The molecule has 106 valence electrons. The monoisotopic (exact) mass is 283 g/mol. The van der Waals surface area contributed by atoms with Crippen molar-refractivity contribution in [3.8, 4) is 17.1 Å². The predicted octanol–water partition coefficient (Wildman–Crippen LogP) is 2.67. The minimum absolute atomic E-state index is 0.371. The molecule has 0 spiro atoms. The maximum Gasteiger partial charge on any atom is 0.187 e. The van der Waals surface area contributed by atoms with Crippen molar-refractivity contribution in [1.82, 2.24) is 20.2 Å². The minimum atomic E-state index is -0.371. The third kappa shape index (κ3) is 2.24. The standard InChI is InChI=1S/C15H14FN5/c1-9-5-3-4-6-14(9)21-15(18-19-20-21)11-7-12(16)10(2)13(17)8-11/h3-8H,17H2,1-2H3. The van der Waals surface area contributed by atoms with Crippen LogP contribution in [0.1, 0.15) is 11.1 Å². The summed E-state index contributed by atoms with van der Waals surface area (Å²) in [6, 6.07) is 10.8. The van der Waals surface area contributed by atoms with Gasteiger partial charge in [-0.25, -0.2) is 4.39 Å². The van der Waals surface area contributed by atoms with Gasteiger partial charge in [0.2, 0.25) is 0 Å². The van der Waals surface area contributed by atoms with Crippen LogP contribution in [-0.4, -0.2) is 20.2 Å². The molecule has 0 amide bonds. The highest BCUT2D eigenvalue weighted by Gasteiger charge is 2.15. The molecule has 6 heteroatoms. The number of rotatable bonds is 2. The fourth-order valence-corrected chi connectivity index (χ4v) is 2.16. The van der Waals surface area contributed by atoms with Gasteiger partial charge >= 0.3 is 0 Å². The van der Waals surface area contributed by atoms with Crippen LogP contribution in [0.25, 0.3) is 17.1 Å². The van der Waals surface area contributed by atoms with E-state index in [1.807, 2.05) is 31.2 Å². The van der Waals surface area contributed by atoms with E-state index < -0.39 is 0 Å². The molecule has 2 aromatic carbocycles. The van der Waals surface area contributed by atoms with Crippen LogP contribution in [0.4, 0.5) is 10.1 Å².